The molecule has 0 fully saturated rings. The van der Waals surface area contributed by atoms with Crippen LogP contribution in [0.15, 0.2) is 29.6 Å². The Morgan fingerprint density at radius 2 is 2.15 bits per heavy atom. The predicted octanol–water partition coefficient (Wildman–Crippen LogP) is 3.65. The van der Waals surface area contributed by atoms with Crippen LogP contribution >= 0.6 is 11.3 Å². The molecular formula is C15H16F2N2S. The van der Waals surface area contributed by atoms with Gasteiger partial charge in [-0.1, -0.05) is 12.1 Å². The zero-order valence-corrected chi connectivity index (χ0v) is 11.7. The Balaban J connectivity index is 2.02. The van der Waals surface area contributed by atoms with E-state index in [1.54, 1.807) is 17.4 Å². The molecule has 0 saturated heterocycles. The highest BCUT2D eigenvalue weighted by Gasteiger charge is 2.31. The molecule has 1 aliphatic rings. The fourth-order valence-corrected chi connectivity index (χ4v) is 4.05. The lowest BCUT2D eigenvalue weighted by Crippen LogP contribution is -2.34. The SMILES string of the molecule is NNC(c1cccc(F)c1F)C1CCCc2sccc21. The second kappa shape index (κ2) is 5.60. The lowest BCUT2D eigenvalue weighted by atomic mass is 9.80. The van der Waals surface area contributed by atoms with E-state index in [0.717, 1.165) is 25.3 Å². The van der Waals surface area contributed by atoms with Gasteiger partial charge in [0.15, 0.2) is 11.6 Å². The summed E-state index contributed by atoms with van der Waals surface area (Å²) in [5, 5.41) is 2.05. The maximum absolute atomic E-state index is 14.0. The van der Waals surface area contributed by atoms with Crippen molar-refractivity contribution in [3.8, 4) is 0 Å². The molecule has 1 heterocycles. The lowest BCUT2D eigenvalue weighted by Gasteiger charge is -2.30. The molecule has 0 spiro atoms. The van der Waals surface area contributed by atoms with Crippen LogP contribution in [-0.2, 0) is 6.42 Å². The average Bonchev–Trinajstić information content (AvgIpc) is 2.93. The third-order valence-electron chi connectivity index (χ3n) is 4.00. The molecule has 0 bridgehead atoms. The number of fused-ring (bicyclic) bond motifs is 1. The molecule has 3 N–H and O–H groups in total. The van der Waals surface area contributed by atoms with E-state index >= 15 is 0 Å². The Kier molecular flexibility index (Phi) is 3.83. The Morgan fingerprint density at radius 1 is 1.30 bits per heavy atom. The molecule has 5 heteroatoms. The summed E-state index contributed by atoms with van der Waals surface area (Å²) in [5.74, 6) is 4.10. The number of hydrogen-bond donors (Lipinski definition) is 2. The second-order valence-electron chi connectivity index (χ2n) is 5.09. The van der Waals surface area contributed by atoms with Crippen molar-refractivity contribution in [1.29, 1.82) is 0 Å². The summed E-state index contributed by atoms with van der Waals surface area (Å²) in [5.41, 5.74) is 4.20. The highest BCUT2D eigenvalue weighted by molar-refractivity contribution is 7.10. The first-order valence-corrected chi connectivity index (χ1v) is 7.56. The summed E-state index contributed by atoms with van der Waals surface area (Å²) in [6.07, 6.45) is 3.04. The molecule has 3 rings (SSSR count). The fraction of sp³-hybridized carbons (Fsp3) is 0.333. The van der Waals surface area contributed by atoms with Crippen molar-refractivity contribution in [2.75, 3.05) is 0 Å². The number of hydrazine groups is 1. The van der Waals surface area contributed by atoms with Gasteiger partial charge in [0, 0.05) is 16.4 Å². The van der Waals surface area contributed by atoms with Crippen molar-refractivity contribution in [2.24, 2.45) is 5.84 Å². The third-order valence-corrected chi connectivity index (χ3v) is 4.99. The number of thiophene rings is 1. The molecule has 106 valence electrons. The van der Waals surface area contributed by atoms with Crippen LogP contribution in [0.25, 0.3) is 0 Å². The molecule has 2 aromatic rings. The van der Waals surface area contributed by atoms with Crippen LogP contribution in [0.5, 0.6) is 0 Å². The first kappa shape index (κ1) is 13.7. The van der Waals surface area contributed by atoms with Crippen LogP contribution in [0.3, 0.4) is 0 Å². The van der Waals surface area contributed by atoms with Crippen LogP contribution < -0.4 is 11.3 Å². The van der Waals surface area contributed by atoms with E-state index in [4.69, 9.17) is 5.84 Å². The van der Waals surface area contributed by atoms with Gasteiger partial charge in [0.1, 0.15) is 0 Å². The molecule has 0 amide bonds. The molecule has 0 radical (unpaired) electrons. The van der Waals surface area contributed by atoms with Crippen LogP contribution in [0.2, 0.25) is 0 Å². The summed E-state index contributed by atoms with van der Waals surface area (Å²) < 4.78 is 27.5. The van der Waals surface area contributed by atoms with Crippen molar-refractivity contribution < 1.29 is 8.78 Å². The zero-order valence-electron chi connectivity index (χ0n) is 10.9. The Hall–Kier alpha value is -1.30. The Morgan fingerprint density at radius 3 is 2.95 bits per heavy atom. The first-order chi connectivity index (χ1) is 9.72. The van der Waals surface area contributed by atoms with Crippen molar-refractivity contribution in [3.63, 3.8) is 0 Å². The number of aryl methyl sites for hydroxylation is 1. The van der Waals surface area contributed by atoms with Crippen molar-refractivity contribution in [3.05, 3.63) is 57.3 Å². The zero-order chi connectivity index (χ0) is 14.1. The number of hydrogen-bond acceptors (Lipinski definition) is 3. The fourth-order valence-electron chi connectivity index (χ4n) is 3.05. The number of nitrogens with one attached hydrogen (secondary N) is 1. The van der Waals surface area contributed by atoms with E-state index < -0.39 is 17.7 Å². The summed E-state index contributed by atoms with van der Waals surface area (Å²) >= 11 is 1.72. The van der Waals surface area contributed by atoms with E-state index in [1.165, 1.54) is 16.5 Å². The van der Waals surface area contributed by atoms with Gasteiger partial charge in [0.25, 0.3) is 0 Å². The Labute approximate surface area is 120 Å². The largest absolute Gasteiger partial charge is 0.271 e. The summed E-state index contributed by atoms with van der Waals surface area (Å²) in [7, 11) is 0. The Bertz CT molecular complexity index is 612. The van der Waals surface area contributed by atoms with Gasteiger partial charge in [-0.15, -0.1) is 11.3 Å². The van der Waals surface area contributed by atoms with Gasteiger partial charge < -0.3 is 0 Å². The maximum atomic E-state index is 14.0. The van der Waals surface area contributed by atoms with Crippen LogP contribution in [-0.4, -0.2) is 0 Å². The molecule has 2 nitrogen and oxygen atoms in total. The van der Waals surface area contributed by atoms with E-state index in [2.05, 4.69) is 16.9 Å². The smallest absolute Gasteiger partial charge is 0.163 e. The molecule has 2 unspecified atom stereocenters. The molecule has 2 atom stereocenters. The number of benzene rings is 1. The second-order valence-corrected chi connectivity index (χ2v) is 6.09. The molecule has 20 heavy (non-hydrogen) atoms. The number of nitrogens with two attached hydrogens (primary N) is 1. The van der Waals surface area contributed by atoms with Crippen molar-refractivity contribution in [2.45, 2.75) is 31.2 Å². The number of halogens is 2. The van der Waals surface area contributed by atoms with E-state index in [9.17, 15) is 8.78 Å². The average molecular weight is 294 g/mol. The minimum absolute atomic E-state index is 0.0892. The third kappa shape index (κ3) is 2.26. The van der Waals surface area contributed by atoms with Gasteiger partial charge in [-0.2, -0.15) is 0 Å². The monoisotopic (exact) mass is 294 g/mol. The highest BCUT2D eigenvalue weighted by Crippen LogP contribution is 2.42. The standard InChI is InChI=1S/C15H16F2N2S/c16-12-5-1-4-11(14(12)17)15(19-18)10-3-2-6-13-9(10)7-8-20-13/h1,4-5,7-8,10,15,19H,2-3,6,18H2. The number of rotatable bonds is 3. The lowest BCUT2D eigenvalue weighted by molar-refractivity contribution is 0.389. The first-order valence-electron chi connectivity index (χ1n) is 6.68. The van der Waals surface area contributed by atoms with E-state index in [1.807, 2.05) is 0 Å². The highest BCUT2D eigenvalue weighted by atomic mass is 32.1. The minimum Gasteiger partial charge on any atom is -0.271 e. The van der Waals surface area contributed by atoms with Crippen molar-refractivity contribution >= 4 is 11.3 Å². The summed E-state index contributed by atoms with van der Waals surface area (Å²) in [4.78, 5) is 1.33. The van der Waals surface area contributed by atoms with Gasteiger partial charge in [-0.05, 0) is 42.3 Å². The predicted molar refractivity (Wildman–Crippen MR) is 76.4 cm³/mol. The van der Waals surface area contributed by atoms with Crippen LogP contribution in [0.4, 0.5) is 8.78 Å². The van der Waals surface area contributed by atoms with E-state index in [0.29, 0.717) is 5.56 Å². The van der Waals surface area contributed by atoms with E-state index in [-0.39, 0.29) is 5.92 Å². The normalized spacial score (nSPS) is 19.6. The van der Waals surface area contributed by atoms with Gasteiger partial charge in [-0.3, -0.25) is 11.3 Å². The summed E-state index contributed by atoms with van der Waals surface area (Å²) in [6.45, 7) is 0. The molecule has 0 saturated carbocycles. The molecule has 1 aromatic heterocycles. The molecular weight excluding hydrogens is 278 g/mol. The van der Waals surface area contributed by atoms with Gasteiger partial charge in [-0.25, -0.2) is 8.78 Å². The maximum Gasteiger partial charge on any atom is 0.163 e. The van der Waals surface area contributed by atoms with Gasteiger partial charge in [0.05, 0.1) is 6.04 Å². The molecule has 1 aliphatic carbocycles. The van der Waals surface area contributed by atoms with Gasteiger partial charge in [0.2, 0.25) is 0 Å². The molecule has 1 aromatic carbocycles. The topological polar surface area (TPSA) is 38.0 Å². The van der Waals surface area contributed by atoms with Crippen molar-refractivity contribution in [1.82, 2.24) is 5.43 Å². The van der Waals surface area contributed by atoms with Crippen LogP contribution in [0, 0.1) is 11.6 Å². The summed E-state index contributed by atoms with van der Waals surface area (Å²) in [6, 6.07) is 5.92. The minimum atomic E-state index is -0.830. The van der Waals surface area contributed by atoms with Gasteiger partial charge >= 0.3 is 0 Å². The van der Waals surface area contributed by atoms with Crippen LogP contribution in [0.1, 0.15) is 40.8 Å². The quantitative estimate of drug-likeness (QED) is 0.670. The molecule has 0 aliphatic heterocycles.